The van der Waals surface area contributed by atoms with Crippen LogP contribution in [0.5, 0.6) is 0 Å². The molecule has 0 amide bonds. The zero-order chi connectivity index (χ0) is 9.97. The number of rotatable bonds is 1. The van der Waals surface area contributed by atoms with E-state index in [1.807, 2.05) is 0 Å². The highest BCUT2D eigenvalue weighted by atomic mass is 35.5. The van der Waals surface area contributed by atoms with Crippen molar-refractivity contribution in [2.45, 2.75) is 6.42 Å². The Hall–Kier alpha value is -0.930. The molecule has 0 saturated carbocycles. The Kier molecular flexibility index (Phi) is 2.79. The topological polar surface area (TPSA) is 24.9 Å². The van der Waals surface area contributed by atoms with E-state index >= 15 is 0 Å². The average molecular weight is 213 g/mol. The molecule has 0 aliphatic carbocycles. The van der Waals surface area contributed by atoms with Crippen LogP contribution in [0.25, 0.3) is 5.57 Å². The highest BCUT2D eigenvalue weighted by Crippen LogP contribution is 2.29. The lowest BCUT2D eigenvalue weighted by Gasteiger charge is -2.16. The van der Waals surface area contributed by atoms with Gasteiger partial charge in [0.1, 0.15) is 5.83 Å². The van der Waals surface area contributed by atoms with E-state index in [4.69, 9.17) is 11.6 Å². The van der Waals surface area contributed by atoms with Crippen LogP contribution in [0.2, 0.25) is 5.02 Å². The van der Waals surface area contributed by atoms with E-state index in [-0.39, 0.29) is 5.83 Å². The van der Waals surface area contributed by atoms with Crippen LogP contribution < -0.4 is 5.32 Å². The first kappa shape index (κ1) is 9.62. The van der Waals surface area contributed by atoms with Crippen molar-refractivity contribution in [2.24, 2.45) is 0 Å². The maximum atomic E-state index is 13.5. The third-order valence-corrected chi connectivity index (χ3v) is 2.56. The van der Waals surface area contributed by atoms with Crippen LogP contribution in [0.4, 0.5) is 4.39 Å². The molecule has 0 fully saturated rings. The minimum absolute atomic E-state index is 0.121. The lowest BCUT2D eigenvalue weighted by atomic mass is 10.0. The van der Waals surface area contributed by atoms with Gasteiger partial charge in [0.25, 0.3) is 0 Å². The maximum absolute atomic E-state index is 13.5. The van der Waals surface area contributed by atoms with Crippen LogP contribution in [0.3, 0.4) is 0 Å². The largest absolute Gasteiger partial charge is 0.310 e. The molecular weight excluding hydrogens is 203 g/mol. The number of hydrogen-bond acceptors (Lipinski definition) is 2. The Morgan fingerprint density at radius 2 is 2.36 bits per heavy atom. The molecule has 1 aliphatic heterocycles. The number of halogens is 2. The van der Waals surface area contributed by atoms with Gasteiger partial charge < -0.3 is 5.32 Å². The van der Waals surface area contributed by atoms with Gasteiger partial charge in [0.15, 0.2) is 0 Å². The Bertz CT molecular complexity index is 376. The second kappa shape index (κ2) is 4.07. The second-order valence-electron chi connectivity index (χ2n) is 3.17. The van der Waals surface area contributed by atoms with Crippen molar-refractivity contribution in [3.8, 4) is 0 Å². The van der Waals surface area contributed by atoms with E-state index in [9.17, 15) is 4.39 Å². The molecule has 0 atom stereocenters. The number of nitrogens with one attached hydrogen (secondary N) is 1. The highest BCUT2D eigenvalue weighted by molar-refractivity contribution is 6.32. The molecule has 14 heavy (non-hydrogen) atoms. The molecule has 74 valence electrons. The van der Waals surface area contributed by atoms with E-state index in [1.165, 1.54) is 0 Å². The van der Waals surface area contributed by atoms with Crippen molar-refractivity contribution in [2.75, 3.05) is 13.1 Å². The van der Waals surface area contributed by atoms with Crippen molar-refractivity contribution < 1.29 is 4.39 Å². The first-order valence-electron chi connectivity index (χ1n) is 4.47. The smallest absolute Gasteiger partial charge is 0.118 e. The van der Waals surface area contributed by atoms with Gasteiger partial charge in [0.2, 0.25) is 0 Å². The van der Waals surface area contributed by atoms with Crippen molar-refractivity contribution >= 4 is 17.2 Å². The fraction of sp³-hybridized carbons (Fsp3) is 0.300. The Labute approximate surface area is 86.8 Å². The fourth-order valence-electron chi connectivity index (χ4n) is 1.55. The van der Waals surface area contributed by atoms with Gasteiger partial charge in [-0.25, -0.2) is 4.39 Å². The molecule has 0 saturated heterocycles. The molecule has 1 aromatic heterocycles. The maximum Gasteiger partial charge on any atom is 0.118 e. The minimum atomic E-state index is -0.121. The summed E-state index contributed by atoms with van der Waals surface area (Å²) < 4.78 is 13.5. The molecule has 2 rings (SSSR count). The van der Waals surface area contributed by atoms with E-state index in [2.05, 4.69) is 10.3 Å². The highest BCUT2D eigenvalue weighted by Gasteiger charge is 2.15. The summed E-state index contributed by atoms with van der Waals surface area (Å²) in [6, 6.07) is 1.75. The quantitative estimate of drug-likeness (QED) is 0.774. The molecule has 0 unspecified atom stereocenters. The molecule has 1 aliphatic rings. The summed E-state index contributed by atoms with van der Waals surface area (Å²) >= 11 is 5.94. The van der Waals surface area contributed by atoms with Gasteiger partial charge in [-0.15, -0.1) is 0 Å². The summed E-state index contributed by atoms with van der Waals surface area (Å²) in [5, 5.41) is 3.48. The predicted octanol–water partition coefficient (Wildman–Crippen LogP) is 2.41. The molecule has 0 bridgehead atoms. The molecule has 2 nitrogen and oxygen atoms in total. The van der Waals surface area contributed by atoms with Gasteiger partial charge in [-0.2, -0.15) is 0 Å². The standard InChI is InChI=1S/C10H10ClFN2/c11-9-5-13-3-1-7(9)8-2-4-14-6-10(8)12/h1,3,5,14H,2,4,6H2. The van der Waals surface area contributed by atoms with Crippen LogP contribution in [-0.4, -0.2) is 18.1 Å². The average Bonchev–Trinajstić information content (AvgIpc) is 2.20. The molecular formula is C10H10ClFN2. The first-order valence-corrected chi connectivity index (χ1v) is 4.85. The Morgan fingerprint density at radius 3 is 3.07 bits per heavy atom. The van der Waals surface area contributed by atoms with Crippen LogP contribution in [0, 0.1) is 0 Å². The molecule has 2 heterocycles. The molecule has 0 spiro atoms. The summed E-state index contributed by atoms with van der Waals surface area (Å²) in [5.74, 6) is -0.121. The van der Waals surface area contributed by atoms with Gasteiger partial charge in [-0.3, -0.25) is 4.98 Å². The molecule has 1 aromatic rings. The number of nitrogens with zero attached hydrogens (tertiary/aromatic N) is 1. The van der Waals surface area contributed by atoms with E-state index < -0.39 is 0 Å². The Balaban J connectivity index is 2.43. The third kappa shape index (κ3) is 1.79. The van der Waals surface area contributed by atoms with Gasteiger partial charge in [-0.1, -0.05) is 11.6 Å². The summed E-state index contributed by atoms with van der Waals surface area (Å²) in [6.45, 7) is 1.09. The Morgan fingerprint density at radius 1 is 1.50 bits per heavy atom. The van der Waals surface area contributed by atoms with Crippen LogP contribution >= 0.6 is 11.6 Å². The zero-order valence-electron chi connectivity index (χ0n) is 7.56. The normalized spacial score (nSPS) is 17.3. The summed E-state index contributed by atoms with van der Waals surface area (Å²) in [4.78, 5) is 3.87. The first-order chi connectivity index (χ1) is 6.79. The van der Waals surface area contributed by atoms with Gasteiger partial charge >= 0.3 is 0 Å². The van der Waals surface area contributed by atoms with Crippen LogP contribution in [0.15, 0.2) is 24.3 Å². The van der Waals surface area contributed by atoms with Gasteiger partial charge in [-0.05, 0) is 24.6 Å². The minimum Gasteiger partial charge on any atom is -0.310 e. The molecule has 1 N–H and O–H groups in total. The van der Waals surface area contributed by atoms with Crippen molar-refractivity contribution in [1.29, 1.82) is 0 Å². The van der Waals surface area contributed by atoms with E-state index in [1.54, 1.807) is 18.5 Å². The summed E-state index contributed by atoms with van der Waals surface area (Å²) in [6.07, 6.45) is 3.85. The molecule has 0 radical (unpaired) electrons. The van der Waals surface area contributed by atoms with Crippen molar-refractivity contribution in [3.05, 3.63) is 34.9 Å². The lowest BCUT2D eigenvalue weighted by molar-refractivity contribution is 0.551. The van der Waals surface area contributed by atoms with Crippen LogP contribution in [-0.2, 0) is 0 Å². The number of aromatic nitrogens is 1. The van der Waals surface area contributed by atoms with Crippen LogP contribution in [0.1, 0.15) is 12.0 Å². The third-order valence-electron chi connectivity index (χ3n) is 2.26. The molecule has 0 aromatic carbocycles. The van der Waals surface area contributed by atoms with Crippen molar-refractivity contribution in [1.82, 2.24) is 10.3 Å². The van der Waals surface area contributed by atoms with Gasteiger partial charge in [0, 0.05) is 24.5 Å². The summed E-state index contributed by atoms with van der Waals surface area (Å²) in [5.41, 5.74) is 1.47. The van der Waals surface area contributed by atoms with Gasteiger partial charge in [0.05, 0.1) is 5.02 Å². The van der Waals surface area contributed by atoms with E-state index in [0.717, 1.165) is 12.1 Å². The monoisotopic (exact) mass is 212 g/mol. The molecule has 4 heteroatoms. The number of pyridine rings is 1. The lowest BCUT2D eigenvalue weighted by Crippen LogP contribution is -2.23. The predicted molar refractivity (Wildman–Crippen MR) is 54.8 cm³/mol. The fourth-order valence-corrected chi connectivity index (χ4v) is 1.79. The zero-order valence-corrected chi connectivity index (χ0v) is 8.31. The summed E-state index contributed by atoms with van der Waals surface area (Å²) in [7, 11) is 0. The second-order valence-corrected chi connectivity index (χ2v) is 3.57. The number of hydrogen-bond donors (Lipinski definition) is 1. The SMILES string of the molecule is FC1=C(c2ccncc2Cl)CCNC1. The van der Waals surface area contributed by atoms with Crippen molar-refractivity contribution in [3.63, 3.8) is 0 Å². The van der Waals surface area contributed by atoms with E-state index in [0.29, 0.717) is 23.6 Å².